The van der Waals surface area contributed by atoms with Gasteiger partial charge in [0.1, 0.15) is 24.4 Å². The van der Waals surface area contributed by atoms with E-state index in [4.69, 9.17) is 19.7 Å². The van der Waals surface area contributed by atoms with E-state index in [1.165, 1.54) is 7.11 Å². The minimum Gasteiger partial charge on any atom is -0.387 e. The summed E-state index contributed by atoms with van der Waals surface area (Å²) >= 11 is 0. The summed E-state index contributed by atoms with van der Waals surface area (Å²) in [7, 11) is 1.40. The molecule has 0 amide bonds. The SMILES string of the molecule is COC[C@H]1OC(O)[C@@H](O)[C@@H](O)[C@H]1O. The highest BCUT2D eigenvalue weighted by atomic mass is 16.6. The molecule has 0 aromatic carbocycles. The van der Waals surface area contributed by atoms with Gasteiger partial charge in [0.2, 0.25) is 0 Å². The molecule has 1 unspecified atom stereocenters. The van der Waals surface area contributed by atoms with E-state index in [0.29, 0.717) is 0 Å². The first-order valence-electron chi connectivity index (χ1n) is 3.94. The fraction of sp³-hybridized carbons (Fsp3) is 1.00. The Bertz CT molecular complexity index is 163. The van der Waals surface area contributed by atoms with Crippen molar-refractivity contribution < 1.29 is 29.9 Å². The third-order valence-corrected chi connectivity index (χ3v) is 2.02. The molecule has 0 aromatic rings. The first kappa shape index (κ1) is 10.8. The van der Waals surface area contributed by atoms with Crippen molar-refractivity contribution in [2.75, 3.05) is 13.7 Å². The smallest absolute Gasteiger partial charge is 0.184 e. The van der Waals surface area contributed by atoms with Crippen molar-refractivity contribution in [3.63, 3.8) is 0 Å². The summed E-state index contributed by atoms with van der Waals surface area (Å²) in [4.78, 5) is 0. The Kier molecular flexibility index (Phi) is 3.60. The number of rotatable bonds is 2. The Morgan fingerprint density at radius 3 is 2.23 bits per heavy atom. The number of hydrogen-bond donors (Lipinski definition) is 4. The van der Waals surface area contributed by atoms with E-state index in [9.17, 15) is 10.2 Å². The zero-order chi connectivity index (χ0) is 10.0. The molecule has 78 valence electrons. The highest BCUT2D eigenvalue weighted by Crippen LogP contribution is 2.19. The number of methoxy groups -OCH3 is 1. The molecule has 0 spiro atoms. The summed E-state index contributed by atoms with van der Waals surface area (Å²) in [6.45, 7) is 0.0437. The van der Waals surface area contributed by atoms with Crippen LogP contribution in [0.15, 0.2) is 0 Å². The Hall–Kier alpha value is -0.240. The maximum absolute atomic E-state index is 9.33. The molecule has 0 bridgehead atoms. The Morgan fingerprint density at radius 2 is 1.69 bits per heavy atom. The highest BCUT2D eigenvalue weighted by Gasteiger charge is 2.42. The maximum Gasteiger partial charge on any atom is 0.184 e. The van der Waals surface area contributed by atoms with Crippen LogP contribution in [0, 0.1) is 0 Å². The number of aliphatic hydroxyl groups is 4. The van der Waals surface area contributed by atoms with Crippen LogP contribution in [-0.4, -0.2) is 64.8 Å². The molecule has 6 nitrogen and oxygen atoms in total. The van der Waals surface area contributed by atoms with Gasteiger partial charge in [0, 0.05) is 7.11 Å². The zero-order valence-corrected chi connectivity index (χ0v) is 7.20. The van der Waals surface area contributed by atoms with E-state index in [-0.39, 0.29) is 6.61 Å². The van der Waals surface area contributed by atoms with Crippen LogP contribution in [-0.2, 0) is 9.47 Å². The largest absolute Gasteiger partial charge is 0.387 e. The predicted molar refractivity (Wildman–Crippen MR) is 40.8 cm³/mol. The van der Waals surface area contributed by atoms with E-state index in [2.05, 4.69) is 0 Å². The predicted octanol–water partition coefficient (Wildman–Crippen LogP) is -2.57. The average Bonchev–Trinajstić information content (AvgIpc) is 2.11. The number of aliphatic hydroxyl groups excluding tert-OH is 4. The van der Waals surface area contributed by atoms with Gasteiger partial charge in [-0.15, -0.1) is 0 Å². The summed E-state index contributed by atoms with van der Waals surface area (Å²) in [5, 5.41) is 36.7. The van der Waals surface area contributed by atoms with E-state index < -0.39 is 30.7 Å². The molecule has 4 N–H and O–H groups in total. The lowest BCUT2D eigenvalue weighted by atomic mass is 9.99. The van der Waals surface area contributed by atoms with Crippen LogP contribution < -0.4 is 0 Å². The second-order valence-corrected chi connectivity index (χ2v) is 2.99. The van der Waals surface area contributed by atoms with Crippen LogP contribution in [0.2, 0.25) is 0 Å². The molecule has 1 rings (SSSR count). The van der Waals surface area contributed by atoms with E-state index >= 15 is 0 Å². The Balaban J connectivity index is 2.59. The van der Waals surface area contributed by atoms with Gasteiger partial charge in [0.05, 0.1) is 6.61 Å². The molecule has 1 aliphatic rings. The maximum atomic E-state index is 9.33. The topological polar surface area (TPSA) is 99.4 Å². The lowest BCUT2D eigenvalue weighted by molar-refractivity contribution is -0.287. The van der Waals surface area contributed by atoms with Crippen molar-refractivity contribution in [3.05, 3.63) is 0 Å². The van der Waals surface area contributed by atoms with E-state index in [0.717, 1.165) is 0 Å². The van der Waals surface area contributed by atoms with Crippen molar-refractivity contribution in [2.45, 2.75) is 30.7 Å². The molecule has 1 fully saturated rings. The van der Waals surface area contributed by atoms with Crippen molar-refractivity contribution in [2.24, 2.45) is 0 Å². The van der Waals surface area contributed by atoms with Gasteiger partial charge in [0.15, 0.2) is 6.29 Å². The Morgan fingerprint density at radius 1 is 1.08 bits per heavy atom. The average molecular weight is 194 g/mol. The van der Waals surface area contributed by atoms with Gasteiger partial charge in [-0.05, 0) is 0 Å². The second-order valence-electron chi connectivity index (χ2n) is 2.99. The van der Waals surface area contributed by atoms with Crippen LogP contribution >= 0.6 is 0 Å². The van der Waals surface area contributed by atoms with Gasteiger partial charge >= 0.3 is 0 Å². The van der Waals surface area contributed by atoms with Crippen LogP contribution in [0.3, 0.4) is 0 Å². The van der Waals surface area contributed by atoms with Gasteiger partial charge in [-0.3, -0.25) is 0 Å². The third-order valence-electron chi connectivity index (χ3n) is 2.02. The van der Waals surface area contributed by atoms with Crippen LogP contribution in [0.4, 0.5) is 0 Å². The Labute approximate surface area is 75.3 Å². The van der Waals surface area contributed by atoms with E-state index in [1.54, 1.807) is 0 Å². The molecule has 1 saturated heterocycles. The third kappa shape index (κ3) is 2.16. The van der Waals surface area contributed by atoms with E-state index in [1.807, 2.05) is 0 Å². The quantitative estimate of drug-likeness (QED) is 0.386. The molecular formula is C7H14O6. The van der Waals surface area contributed by atoms with Crippen LogP contribution in [0.25, 0.3) is 0 Å². The first-order valence-corrected chi connectivity index (χ1v) is 3.94. The zero-order valence-electron chi connectivity index (χ0n) is 7.20. The summed E-state index contributed by atoms with van der Waals surface area (Å²) in [5.74, 6) is 0. The molecule has 6 heteroatoms. The fourth-order valence-corrected chi connectivity index (χ4v) is 1.23. The second kappa shape index (κ2) is 4.32. The first-order chi connectivity index (χ1) is 6.07. The minimum absolute atomic E-state index is 0.0437. The normalized spacial score (nSPS) is 46.4. The monoisotopic (exact) mass is 194 g/mol. The van der Waals surface area contributed by atoms with Gasteiger partial charge in [-0.2, -0.15) is 0 Å². The molecule has 1 heterocycles. The van der Waals surface area contributed by atoms with Crippen molar-refractivity contribution in [1.29, 1.82) is 0 Å². The van der Waals surface area contributed by atoms with Crippen LogP contribution in [0.5, 0.6) is 0 Å². The summed E-state index contributed by atoms with van der Waals surface area (Å²) in [6, 6.07) is 0. The standard InChI is InChI=1S/C7H14O6/c1-12-2-3-4(8)5(9)6(10)7(11)13-3/h3-11H,2H2,1H3/t3-,4+,5+,6+,7?/m1/s1. The minimum atomic E-state index is -1.49. The molecule has 0 aromatic heterocycles. The highest BCUT2D eigenvalue weighted by molar-refractivity contribution is 4.88. The lowest BCUT2D eigenvalue weighted by Crippen LogP contribution is -2.58. The summed E-state index contributed by atoms with van der Waals surface area (Å²) in [5.41, 5.74) is 0. The van der Waals surface area contributed by atoms with Crippen molar-refractivity contribution >= 4 is 0 Å². The molecule has 13 heavy (non-hydrogen) atoms. The van der Waals surface area contributed by atoms with Gasteiger partial charge in [0.25, 0.3) is 0 Å². The molecule has 0 saturated carbocycles. The van der Waals surface area contributed by atoms with Crippen molar-refractivity contribution in [1.82, 2.24) is 0 Å². The van der Waals surface area contributed by atoms with Gasteiger partial charge in [-0.1, -0.05) is 0 Å². The van der Waals surface area contributed by atoms with Gasteiger partial charge in [-0.25, -0.2) is 0 Å². The fourth-order valence-electron chi connectivity index (χ4n) is 1.23. The van der Waals surface area contributed by atoms with Crippen molar-refractivity contribution in [3.8, 4) is 0 Å². The van der Waals surface area contributed by atoms with Crippen LogP contribution in [0.1, 0.15) is 0 Å². The molecule has 0 radical (unpaired) electrons. The number of hydrogen-bond acceptors (Lipinski definition) is 6. The molecule has 1 aliphatic heterocycles. The molecule has 0 aliphatic carbocycles. The lowest BCUT2D eigenvalue weighted by Gasteiger charge is -2.37. The molecular weight excluding hydrogens is 180 g/mol. The molecule has 5 atom stereocenters. The van der Waals surface area contributed by atoms with Gasteiger partial charge < -0.3 is 29.9 Å². The number of ether oxygens (including phenoxy) is 2. The summed E-state index contributed by atoms with van der Waals surface area (Å²) in [6.07, 6.45) is -6.46. The summed E-state index contributed by atoms with van der Waals surface area (Å²) < 4.78 is 9.49.